The van der Waals surface area contributed by atoms with Gasteiger partial charge in [-0.3, -0.25) is 4.79 Å². The van der Waals surface area contributed by atoms with E-state index in [4.69, 9.17) is 4.74 Å². The fraction of sp³-hybridized carbons (Fsp3) is 0.700. The zero-order valence-electron chi connectivity index (χ0n) is 7.93. The van der Waals surface area contributed by atoms with E-state index in [1.165, 1.54) is 0 Å². The second-order valence-corrected chi connectivity index (χ2v) is 4.13. The summed E-state index contributed by atoms with van der Waals surface area (Å²) in [5, 5.41) is 3.01. The summed E-state index contributed by atoms with van der Waals surface area (Å²) >= 11 is 0. The number of carbonyl (C=O) groups excluding carboxylic acids is 1. The highest BCUT2D eigenvalue weighted by Gasteiger charge is 2.39. The van der Waals surface area contributed by atoms with Gasteiger partial charge in [0.05, 0.1) is 18.4 Å². The molecule has 0 aromatic heterocycles. The summed E-state index contributed by atoms with van der Waals surface area (Å²) in [4.78, 5) is 11.6. The zero-order valence-corrected chi connectivity index (χ0v) is 7.93. The smallest absolute Gasteiger partial charge is 0.250 e. The normalized spacial score (nSPS) is 24.2. The Morgan fingerprint density at radius 1 is 1.62 bits per heavy atom. The van der Waals surface area contributed by atoms with E-state index in [1.807, 2.05) is 0 Å². The van der Waals surface area contributed by atoms with E-state index in [-0.39, 0.29) is 11.4 Å². The van der Waals surface area contributed by atoms with Gasteiger partial charge in [0.15, 0.2) is 0 Å². The molecule has 0 bridgehead atoms. The predicted molar refractivity (Wildman–Crippen MR) is 49.1 cm³/mol. The van der Waals surface area contributed by atoms with Gasteiger partial charge in [-0.1, -0.05) is 0 Å². The number of ether oxygens (including phenoxy) is 1. The van der Waals surface area contributed by atoms with Crippen molar-refractivity contribution in [3.05, 3.63) is 11.8 Å². The van der Waals surface area contributed by atoms with Gasteiger partial charge in [0.25, 0.3) is 5.91 Å². The van der Waals surface area contributed by atoms with Crippen LogP contribution in [0, 0.1) is 0 Å². The highest BCUT2D eigenvalue weighted by atomic mass is 16.5. The topological polar surface area (TPSA) is 38.3 Å². The summed E-state index contributed by atoms with van der Waals surface area (Å²) in [6.45, 7) is 2.82. The molecule has 0 spiro atoms. The lowest BCUT2D eigenvalue weighted by Gasteiger charge is -2.16. The number of nitrogens with one attached hydrogen (secondary N) is 1. The van der Waals surface area contributed by atoms with Crippen LogP contribution in [-0.2, 0) is 9.53 Å². The van der Waals surface area contributed by atoms with E-state index >= 15 is 0 Å². The standard InChI is InChI=1S/C10H15NO2/c1-10(4-5-10)11-9(12)8-3-2-6-13-7-8/h7H,2-6H2,1H3,(H,11,12). The average molecular weight is 181 g/mol. The van der Waals surface area contributed by atoms with Gasteiger partial charge in [-0.05, 0) is 32.6 Å². The first-order valence-electron chi connectivity index (χ1n) is 4.83. The molecule has 0 aromatic rings. The third-order valence-electron chi connectivity index (χ3n) is 2.64. The molecule has 1 amide bonds. The maximum Gasteiger partial charge on any atom is 0.250 e. The number of hydrogen-bond donors (Lipinski definition) is 1. The first-order valence-corrected chi connectivity index (χ1v) is 4.83. The Balaban J connectivity index is 1.92. The molecule has 3 heteroatoms. The van der Waals surface area contributed by atoms with Crippen LogP contribution in [0.1, 0.15) is 32.6 Å². The molecule has 0 atom stereocenters. The second-order valence-electron chi connectivity index (χ2n) is 4.13. The van der Waals surface area contributed by atoms with Crippen molar-refractivity contribution in [3.63, 3.8) is 0 Å². The maximum atomic E-state index is 11.6. The van der Waals surface area contributed by atoms with Crippen LogP contribution >= 0.6 is 0 Å². The van der Waals surface area contributed by atoms with Crippen LogP contribution in [0.25, 0.3) is 0 Å². The van der Waals surface area contributed by atoms with E-state index in [0.29, 0.717) is 0 Å². The van der Waals surface area contributed by atoms with Crippen molar-refractivity contribution in [1.29, 1.82) is 0 Å². The van der Waals surface area contributed by atoms with Crippen molar-refractivity contribution in [2.24, 2.45) is 0 Å². The van der Waals surface area contributed by atoms with Crippen molar-refractivity contribution in [2.75, 3.05) is 6.61 Å². The first kappa shape index (κ1) is 8.60. The third kappa shape index (κ3) is 2.02. The minimum absolute atomic E-state index is 0.0553. The van der Waals surface area contributed by atoms with E-state index < -0.39 is 0 Å². The van der Waals surface area contributed by atoms with E-state index in [2.05, 4.69) is 12.2 Å². The lowest BCUT2D eigenvalue weighted by Crippen LogP contribution is -2.35. The van der Waals surface area contributed by atoms with Crippen LogP contribution < -0.4 is 5.32 Å². The monoisotopic (exact) mass is 181 g/mol. The lowest BCUT2D eigenvalue weighted by molar-refractivity contribution is -0.118. The summed E-state index contributed by atoms with van der Waals surface area (Å²) in [6, 6.07) is 0. The molecule has 1 aliphatic carbocycles. The fourth-order valence-electron chi connectivity index (χ4n) is 1.40. The molecule has 72 valence electrons. The molecule has 2 rings (SSSR count). The Hall–Kier alpha value is -0.990. The van der Waals surface area contributed by atoms with Gasteiger partial charge in [-0.25, -0.2) is 0 Å². The Bertz CT molecular complexity index is 254. The molecule has 0 aromatic carbocycles. The van der Waals surface area contributed by atoms with Crippen molar-refractivity contribution < 1.29 is 9.53 Å². The predicted octanol–water partition coefficient (Wildman–Crippen LogP) is 1.35. The number of amides is 1. The SMILES string of the molecule is CC1(NC(=O)C2=COCCC2)CC1. The van der Waals surface area contributed by atoms with Crippen LogP contribution in [0.5, 0.6) is 0 Å². The molecule has 13 heavy (non-hydrogen) atoms. The summed E-state index contributed by atoms with van der Waals surface area (Å²) in [5.74, 6) is 0.0553. The minimum Gasteiger partial charge on any atom is -0.501 e. The Morgan fingerprint density at radius 2 is 2.38 bits per heavy atom. The Kier molecular flexibility index (Phi) is 2.02. The largest absolute Gasteiger partial charge is 0.501 e. The van der Waals surface area contributed by atoms with Gasteiger partial charge in [0, 0.05) is 5.54 Å². The molecule has 1 fully saturated rings. The van der Waals surface area contributed by atoms with Gasteiger partial charge in [0.1, 0.15) is 0 Å². The summed E-state index contributed by atoms with van der Waals surface area (Å²) in [7, 11) is 0. The van der Waals surface area contributed by atoms with Crippen LogP contribution in [0.3, 0.4) is 0 Å². The highest BCUT2D eigenvalue weighted by molar-refractivity contribution is 5.93. The van der Waals surface area contributed by atoms with E-state index in [1.54, 1.807) is 6.26 Å². The van der Waals surface area contributed by atoms with E-state index in [0.717, 1.165) is 37.9 Å². The summed E-state index contributed by atoms with van der Waals surface area (Å²) in [6.07, 6.45) is 5.61. The van der Waals surface area contributed by atoms with Gasteiger partial charge >= 0.3 is 0 Å². The molecule has 1 heterocycles. The second kappa shape index (κ2) is 3.05. The quantitative estimate of drug-likeness (QED) is 0.698. The van der Waals surface area contributed by atoms with Gasteiger partial charge in [-0.15, -0.1) is 0 Å². The van der Waals surface area contributed by atoms with Gasteiger partial charge in [-0.2, -0.15) is 0 Å². The Morgan fingerprint density at radius 3 is 2.92 bits per heavy atom. The maximum absolute atomic E-state index is 11.6. The highest BCUT2D eigenvalue weighted by Crippen LogP contribution is 2.34. The third-order valence-corrected chi connectivity index (χ3v) is 2.64. The molecule has 1 aliphatic heterocycles. The molecule has 0 radical (unpaired) electrons. The number of rotatable bonds is 2. The first-order chi connectivity index (χ1) is 6.20. The summed E-state index contributed by atoms with van der Waals surface area (Å²) in [5.41, 5.74) is 0.870. The van der Waals surface area contributed by atoms with Crippen molar-refractivity contribution in [1.82, 2.24) is 5.32 Å². The summed E-state index contributed by atoms with van der Waals surface area (Å²) < 4.78 is 5.12. The van der Waals surface area contributed by atoms with Crippen molar-refractivity contribution in [2.45, 2.75) is 38.1 Å². The average Bonchev–Trinajstić information content (AvgIpc) is 2.85. The van der Waals surface area contributed by atoms with Crippen LogP contribution in [0.2, 0.25) is 0 Å². The number of carbonyl (C=O) groups is 1. The molecular formula is C10H15NO2. The lowest BCUT2D eigenvalue weighted by atomic mass is 10.1. The minimum atomic E-state index is 0.0553. The Labute approximate surface area is 78.1 Å². The van der Waals surface area contributed by atoms with Gasteiger partial charge < -0.3 is 10.1 Å². The molecule has 1 saturated carbocycles. The molecule has 3 nitrogen and oxygen atoms in total. The van der Waals surface area contributed by atoms with Crippen LogP contribution in [0.15, 0.2) is 11.8 Å². The van der Waals surface area contributed by atoms with E-state index in [9.17, 15) is 4.79 Å². The number of hydrogen-bond acceptors (Lipinski definition) is 2. The fourth-order valence-corrected chi connectivity index (χ4v) is 1.40. The molecule has 2 aliphatic rings. The van der Waals surface area contributed by atoms with Crippen molar-refractivity contribution in [3.8, 4) is 0 Å². The molecule has 1 N–H and O–H groups in total. The van der Waals surface area contributed by atoms with Crippen LogP contribution in [0.4, 0.5) is 0 Å². The van der Waals surface area contributed by atoms with Gasteiger partial charge in [0.2, 0.25) is 0 Å². The molecular weight excluding hydrogens is 166 g/mol. The molecule has 0 unspecified atom stereocenters. The van der Waals surface area contributed by atoms with Crippen molar-refractivity contribution >= 4 is 5.91 Å². The molecule has 0 saturated heterocycles. The van der Waals surface area contributed by atoms with Crippen LogP contribution in [-0.4, -0.2) is 18.1 Å². The zero-order chi connectivity index (χ0) is 9.31.